The molecular weight excluding hydrogens is 264 g/mol. The molecule has 5 nitrogen and oxygen atoms in total. The van der Waals surface area contributed by atoms with E-state index >= 15 is 0 Å². The molecule has 0 radical (unpaired) electrons. The molecule has 0 amide bonds. The molecule has 0 unspecified atom stereocenters. The second-order valence-corrected chi connectivity index (χ2v) is 6.96. The van der Waals surface area contributed by atoms with Crippen LogP contribution < -0.4 is 5.69 Å². The van der Waals surface area contributed by atoms with Gasteiger partial charge in [-0.2, -0.15) is 0 Å². The molecular formula is C13H18N2O3S. The first kappa shape index (κ1) is 13.9. The van der Waals surface area contributed by atoms with Gasteiger partial charge in [0.25, 0.3) is 0 Å². The van der Waals surface area contributed by atoms with Gasteiger partial charge in [-0.3, -0.25) is 9.13 Å². The number of aromatic nitrogens is 2. The molecule has 1 aromatic heterocycles. The molecule has 104 valence electrons. The van der Waals surface area contributed by atoms with E-state index in [1.54, 1.807) is 9.13 Å². The van der Waals surface area contributed by atoms with Crippen LogP contribution in [0.5, 0.6) is 0 Å². The number of benzene rings is 1. The van der Waals surface area contributed by atoms with Crippen LogP contribution in [0.1, 0.15) is 13.3 Å². The lowest BCUT2D eigenvalue weighted by atomic mass is 10.3. The van der Waals surface area contributed by atoms with Gasteiger partial charge in [-0.05, 0) is 18.6 Å². The van der Waals surface area contributed by atoms with Gasteiger partial charge in [0.1, 0.15) is 9.84 Å². The maximum Gasteiger partial charge on any atom is 0.329 e. The van der Waals surface area contributed by atoms with Crippen LogP contribution in [0, 0.1) is 0 Å². The molecule has 0 atom stereocenters. The van der Waals surface area contributed by atoms with Crippen molar-refractivity contribution >= 4 is 20.9 Å². The van der Waals surface area contributed by atoms with Crippen LogP contribution in [0.2, 0.25) is 0 Å². The van der Waals surface area contributed by atoms with Gasteiger partial charge >= 0.3 is 5.69 Å². The van der Waals surface area contributed by atoms with Crippen LogP contribution in [0.25, 0.3) is 11.0 Å². The van der Waals surface area contributed by atoms with Crippen molar-refractivity contribution in [1.82, 2.24) is 9.13 Å². The molecule has 0 N–H and O–H groups in total. The summed E-state index contributed by atoms with van der Waals surface area (Å²) in [6.07, 6.45) is 2.04. The summed E-state index contributed by atoms with van der Waals surface area (Å²) >= 11 is 0. The zero-order valence-electron chi connectivity index (χ0n) is 11.2. The minimum absolute atomic E-state index is 0.0208. The predicted molar refractivity (Wildman–Crippen MR) is 76.2 cm³/mol. The van der Waals surface area contributed by atoms with Gasteiger partial charge in [0.15, 0.2) is 0 Å². The van der Waals surface area contributed by atoms with Crippen molar-refractivity contribution in [2.45, 2.75) is 26.4 Å². The Hall–Kier alpha value is -1.56. The third-order valence-electron chi connectivity index (χ3n) is 3.06. The van der Waals surface area contributed by atoms with Crippen LogP contribution in [0.15, 0.2) is 29.1 Å². The van der Waals surface area contributed by atoms with Gasteiger partial charge in [-0.15, -0.1) is 0 Å². The van der Waals surface area contributed by atoms with Gasteiger partial charge in [-0.25, -0.2) is 13.2 Å². The Balaban J connectivity index is 2.54. The molecule has 0 spiro atoms. The highest BCUT2D eigenvalue weighted by atomic mass is 32.2. The van der Waals surface area contributed by atoms with Crippen LogP contribution in [0.4, 0.5) is 0 Å². The summed E-state index contributed by atoms with van der Waals surface area (Å²) in [6.45, 7) is 2.86. The van der Waals surface area contributed by atoms with Crippen molar-refractivity contribution in [3.63, 3.8) is 0 Å². The summed E-state index contributed by atoms with van der Waals surface area (Å²) in [5.41, 5.74) is 1.53. The van der Waals surface area contributed by atoms with Crippen molar-refractivity contribution in [1.29, 1.82) is 0 Å². The van der Waals surface area contributed by atoms with Crippen molar-refractivity contribution in [3.05, 3.63) is 34.7 Å². The average molecular weight is 282 g/mol. The lowest BCUT2D eigenvalue weighted by molar-refractivity contribution is 0.589. The molecule has 1 aromatic carbocycles. The second kappa shape index (κ2) is 5.21. The molecule has 2 aromatic rings. The number of sulfone groups is 1. The van der Waals surface area contributed by atoms with E-state index in [9.17, 15) is 13.2 Å². The minimum Gasteiger partial charge on any atom is -0.292 e. The van der Waals surface area contributed by atoms with Gasteiger partial charge in [-0.1, -0.05) is 19.1 Å². The quantitative estimate of drug-likeness (QED) is 0.829. The number of para-hydroxylation sites is 2. The van der Waals surface area contributed by atoms with E-state index < -0.39 is 9.84 Å². The molecule has 0 saturated carbocycles. The van der Waals surface area contributed by atoms with Gasteiger partial charge in [0.2, 0.25) is 0 Å². The van der Waals surface area contributed by atoms with Crippen molar-refractivity contribution < 1.29 is 8.42 Å². The molecule has 6 heteroatoms. The number of fused-ring (bicyclic) bond motifs is 1. The number of nitrogens with zero attached hydrogens (tertiary/aromatic N) is 2. The largest absolute Gasteiger partial charge is 0.329 e. The highest BCUT2D eigenvalue weighted by molar-refractivity contribution is 7.90. The normalized spacial score (nSPS) is 12.1. The molecule has 0 aliphatic rings. The third kappa shape index (κ3) is 2.89. The maximum absolute atomic E-state index is 12.3. The lowest BCUT2D eigenvalue weighted by Crippen LogP contribution is -2.26. The van der Waals surface area contributed by atoms with E-state index in [-0.39, 0.29) is 18.0 Å². The summed E-state index contributed by atoms with van der Waals surface area (Å²) < 4.78 is 25.8. The first-order valence-corrected chi connectivity index (χ1v) is 8.36. The van der Waals surface area contributed by atoms with E-state index in [0.29, 0.717) is 6.54 Å². The SMILES string of the molecule is CCCn1c(=O)n(CCS(C)(=O)=O)c2ccccc21. The third-order valence-corrected chi connectivity index (χ3v) is 3.98. The first-order chi connectivity index (χ1) is 8.94. The lowest BCUT2D eigenvalue weighted by Gasteiger charge is -2.01. The number of rotatable bonds is 5. The average Bonchev–Trinajstić information content (AvgIpc) is 2.60. The van der Waals surface area contributed by atoms with E-state index in [1.165, 1.54) is 6.26 Å². The Labute approximate surface area is 112 Å². The number of aryl methyl sites for hydroxylation is 2. The molecule has 0 aliphatic heterocycles. The van der Waals surface area contributed by atoms with Crippen molar-refractivity contribution in [3.8, 4) is 0 Å². The van der Waals surface area contributed by atoms with E-state index in [0.717, 1.165) is 17.5 Å². The molecule has 0 bridgehead atoms. The van der Waals surface area contributed by atoms with Crippen LogP contribution in [0.3, 0.4) is 0 Å². The maximum atomic E-state index is 12.3. The summed E-state index contributed by atoms with van der Waals surface area (Å²) in [7, 11) is -3.08. The van der Waals surface area contributed by atoms with Crippen LogP contribution >= 0.6 is 0 Å². The molecule has 0 fully saturated rings. The van der Waals surface area contributed by atoms with Gasteiger partial charge < -0.3 is 0 Å². The molecule has 2 rings (SSSR count). The van der Waals surface area contributed by atoms with E-state index in [1.807, 2.05) is 31.2 Å². The number of imidazole rings is 1. The van der Waals surface area contributed by atoms with Crippen LogP contribution in [-0.2, 0) is 22.9 Å². The monoisotopic (exact) mass is 282 g/mol. The fraction of sp³-hybridized carbons (Fsp3) is 0.462. The first-order valence-electron chi connectivity index (χ1n) is 6.30. The van der Waals surface area contributed by atoms with E-state index in [2.05, 4.69) is 0 Å². The standard InChI is InChI=1S/C13H18N2O3S/c1-3-8-14-11-6-4-5-7-12(11)15(13(14)16)9-10-19(2,17)18/h4-7H,3,8-10H2,1-2H3. The fourth-order valence-corrected chi connectivity index (χ4v) is 2.70. The Morgan fingerprint density at radius 2 is 1.58 bits per heavy atom. The highest BCUT2D eigenvalue weighted by Gasteiger charge is 2.13. The Morgan fingerprint density at radius 3 is 2.05 bits per heavy atom. The number of hydrogen-bond donors (Lipinski definition) is 0. The molecule has 0 aliphatic carbocycles. The summed E-state index contributed by atoms with van der Waals surface area (Å²) in [5.74, 6) is -0.0208. The zero-order chi connectivity index (χ0) is 14.0. The zero-order valence-corrected chi connectivity index (χ0v) is 12.0. The number of hydrogen-bond acceptors (Lipinski definition) is 3. The smallest absolute Gasteiger partial charge is 0.292 e. The van der Waals surface area contributed by atoms with Crippen molar-refractivity contribution in [2.75, 3.05) is 12.0 Å². The molecule has 1 heterocycles. The fourth-order valence-electron chi connectivity index (χ4n) is 2.19. The Kier molecular flexibility index (Phi) is 3.80. The topological polar surface area (TPSA) is 61.1 Å². The Morgan fingerprint density at radius 1 is 1.05 bits per heavy atom. The Bertz CT molecular complexity index is 741. The van der Waals surface area contributed by atoms with E-state index in [4.69, 9.17) is 0 Å². The van der Waals surface area contributed by atoms with Crippen molar-refractivity contribution in [2.24, 2.45) is 0 Å². The van der Waals surface area contributed by atoms with Gasteiger partial charge in [0, 0.05) is 19.3 Å². The highest BCUT2D eigenvalue weighted by Crippen LogP contribution is 2.13. The summed E-state index contributed by atoms with van der Waals surface area (Å²) in [5, 5.41) is 0. The second-order valence-electron chi connectivity index (χ2n) is 4.70. The van der Waals surface area contributed by atoms with Crippen LogP contribution in [-0.4, -0.2) is 29.6 Å². The van der Waals surface area contributed by atoms with Gasteiger partial charge in [0.05, 0.1) is 16.8 Å². The minimum atomic E-state index is -3.08. The summed E-state index contributed by atoms with van der Waals surface area (Å²) in [4.78, 5) is 12.3. The summed E-state index contributed by atoms with van der Waals surface area (Å²) in [6, 6.07) is 7.48. The molecule has 0 saturated heterocycles. The molecule has 19 heavy (non-hydrogen) atoms. The predicted octanol–water partition coefficient (Wildman–Crippen LogP) is 1.26.